The van der Waals surface area contributed by atoms with Gasteiger partial charge in [0.05, 0.1) is 16.8 Å². The van der Waals surface area contributed by atoms with Crippen molar-refractivity contribution in [3.63, 3.8) is 0 Å². The lowest BCUT2D eigenvalue weighted by Gasteiger charge is -2.13. The summed E-state index contributed by atoms with van der Waals surface area (Å²) in [6.07, 6.45) is 0. The van der Waals surface area contributed by atoms with Crippen molar-refractivity contribution in [3.05, 3.63) is 94.3 Å². The van der Waals surface area contributed by atoms with E-state index >= 15 is 0 Å². The molecule has 0 unspecified atom stereocenters. The maximum atomic E-state index is 12.6. The predicted octanol–water partition coefficient (Wildman–Crippen LogP) is 3.12. The number of pyridine rings is 1. The minimum atomic E-state index is -0.604. The van der Waals surface area contributed by atoms with Crippen LogP contribution in [0.3, 0.4) is 0 Å². The molecule has 140 valence electrons. The van der Waals surface area contributed by atoms with Crippen molar-refractivity contribution in [1.29, 1.82) is 0 Å². The summed E-state index contributed by atoms with van der Waals surface area (Å²) in [5.41, 5.74) is 8.26. The largest absolute Gasteiger partial charge is 0.384 e. The molecule has 6 nitrogen and oxygen atoms in total. The number of hydrogen-bond acceptors (Lipinski definition) is 4. The molecule has 1 aliphatic heterocycles. The SMILES string of the molecule is Nc1c2c(cc(=O)n1-c1ccc(-c3cccc4ccccc34)cc1)C(=O)NC2=O. The van der Waals surface area contributed by atoms with Crippen LogP contribution in [0.5, 0.6) is 0 Å². The minimum absolute atomic E-state index is 0.0149. The van der Waals surface area contributed by atoms with Gasteiger partial charge in [0, 0.05) is 6.07 Å². The third-order valence-electron chi connectivity index (χ3n) is 5.18. The van der Waals surface area contributed by atoms with Crippen molar-refractivity contribution in [2.75, 3.05) is 5.73 Å². The first-order valence-corrected chi connectivity index (χ1v) is 9.04. The second-order valence-electron chi connectivity index (χ2n) is 6.85. The van der Waals surface area contributed by atoms with Crippen LogP contribution in [0.4, 0.5) is 5.82 Å². The van der Waals surface area contributed by atoms with Crippen LogP contribution in [0.2, 0.25) is 0 Å². The van der Waals surface area contributed by atoms with Gasteiger partial charge in [-0.3, -0.25) is 24.3 Å². The van der Waals surface area contributed by atoms with Crippen molar-refractivity contribution >= 4 is 28.4 Å². The molecular weight excluding hydrogens is 366 g/mol. The standard InChI is InChI=1S/C23H15N3O3/c24-21-20-18(22(28)25-23(20)29)12-19(27)26(21)15-10-8-14(9-11-15)17-7-3-5-13-4-1-2-6-16(13)17/h1-12H,24H2,(H,25,28,29). The van der Waals surface area contributed by atoms with E-state index in [4.69, 9.17) is 5.73 Å². The zero-order valence-corrected chi connectivity index (χ0v) is 15.2. The van der Waals surface area contributed by atoms with Crippen molar-refractivity contribution in [2.24, 2.45) is 0 Å². The van der Waals surface area contributed by atoms with E-state index in [1.54, 1.807) is 12.1 Å². The molecule has 1 aliphatic rings. The summed E-state index contributed by atoms with van der Waals surface area (Å²) < 4.78 is 1.24. The van der Waals surface area contributed by atoms with Crippen LogP contribution in [0, 0.1) is 0 Å². The van der Waals surface area contributed by atoms with Crippen LogP contribution < -0.4 is 16.6 Å². The average molecular weight is 381 g/mol. The Morgan fingerprint density at radius 2 is 1.48 bits per heavy atom. The number of benzene rings is 3. The van der Waals surface area contributed by atoms with Crippen molar-refractivity contribution in [1.82, 2.24) is 9.88 Å². The molecule has 0 fully saturated rings. The number of amides is 2. The van der Waals surface area contributed by atoms with Crippen LogP contribution in [-0.2, 0) is 0 Å². The highest BCUT2D eigenvalue weighted by Gasteiger charge is 2.31. The zero-order valence-electron chi connectivity index (χ0n) is 15.2. The molecule has 1 aromatic heterocycles. The molecule has 0 aliphatic carbocycles. The first-order valence-electron chi connectivity index (χ1n) is 9.04. The molecule has 0 bridgehead atoms. The number of hydrogen-bond donors (Lipinski definition) is 2. The summed E-state index contributed by atoms with van der Waals surface area (Å²) in [5.74, 6) is -1.25. The molecule has 6 heteroatoms. The van der Waals surface area contributed by atoms with Crippen LogP contribution in [0.15, 0.2) is 77.6 Å². The topological polar surface area (TPSA) is 94.2 Å². The van der Waals surface area contributed by atoms with Gasteiger partial charge in [0.15, 0.2) is 0 Å². The van der Waals surface area contributed by atoms with Gasteiger partial charge in [-0.15, -0.1) is 0 Å². The summed E-state index contributed by atoms with van der Waals surface area (Å²) in [7, 11) is 0. The van der Waals surface area contributed by atoms with Crippen LogP contribution in [-0.4, -0.2) is 16.4 Å². The van der Waals surface area contributed by atoms with E-state index in [9.17, 15) is 14.4 Å². The lowest BCUT2D eigenvalue weighted by atomic mass is 9.98. The Hall–Kier alpha value is -4.19. The monoisotopic (exact) mass is 381 g/mol. The molecule has 29 heavy (non-hydrogen) atoms. The van der Waals surface area contributed by atoms with E-state index in [0.29, 0.717) is 5.69 Å². The Balaban J connectivity index is 1.64. The second-order valence-corrected chi connectivity index (χ2v) is 6.85. The lowest BCUT2D eigenvalue weighted by molar-refractivity contribution is 0.0880. The van der Waals surface area contributed by atoms with E-state index in [2.05, 4.69) is 23.5 Å². The molecule has 3 N–H and O–H groups in total. The fourth-order valence-corrected chi connectivity index (χ4v) is 3.81. The second kappa shape index (κ2) is 6.17. The minimum Gasteiger partial charge on any atom is -0.384 e. The van der Waals surface area contributed by atoms with Crippen LogP contribution in [0.1, 0.15) is 20.7 Å². The normalized spacial score (nSPS) is 12.8. The Labute approximate surface area is 165 Å². The first-order chi connectivity index (χ1) is 14.0. The number of nitrogens with one attached hydrogen (secondary N) is 1. The van der Waals surface area contributed by atoms with E-state index in [0.717, 1.165) is 28.0 Å². The zero-order chi connectivity index (χ0) is 20.1. The molecule has 5 rings (SSSR count). The highest BCUT2D eigenvalue weighted by Crippen LogP contribution is 2.30. The van der Waals surface area contributed by atoms with Gasteiger partial charge in [0.1, 0.15) is 5.82 Å². The Morgan fingerprint density at radius 3 is 2.28 bits per heavy atom. The summed E-state index contributed by atoms with van der Waals surface area (Å²) >= 11 is 0. The molecule has 3 aromatic carbocycles. The number of nitrogens with two attached hydrogens (primary N) is 1. The number of carbonyl (C=O) groups is 2. The highest BCUT2D eigenvalue weighted by molar-refractivity contribution is 6.23. The summed E-state index contributed by atoms with van der Waals surface area (Å²) in [5, 5.41) is 4.44. The highest BCUT2D eigenvalue weighted by atomic mass is 16.2. The van der Waals surface area contributed by atoms with E-state index in [1.807, 2.05) is 36.4 Å². The van der Waals surface area contributed by atoms with Crippen LogP contribution in [0.25, 0.3) is 27.6 Å². The fraction of sp³-hybridized carbons (Fsp3) is 0. The van der Waals surface area contributed by atoms with E-state index in [1.165, 1.54) is 4.57 Å². The lowest BCUT2D eigenvalue weighted by Crippen LogP contribution is -2.24. The Bertz CT molecular complexity index is 1380. The molecule has 0 atom stereocenters. The number of carbonyl (C=O) groups excluding carboxylic acids is 2. The third-order valence-corrected chi connectivity index (χ3v) is 5.18. The molecule has 0 saturated heterocycles. The van der Waals surface area contributed by atoms with Crippen molar-refractivity contribution < 1.29 is 9.59 Å². The fourth-order valence-electron chi connectivity index (χ4n) is 3.81. The summed E-state index contributed by atoms with van der Waals surface area (Å²) in [6, 6.07) is 22.7. The molecule has 0 spiro atoms. The number of anilines is 1. The summed E-state index contributed by atoms with van der Waals surface area (Å²) in [6.45, 7) is 0. The molecule has 2 heterocycles. The van der Waals surface area contributed by atoms with E-state index in [-0.39, 0.29) is 16.9 Å². The Kier molecular flexibility index (Phi) is 3.61. The molecule has 2 amide bonds. The number of rotatable bonds is 2. The number of nitrogen functional groups attached to an aromatic ring is 1. The van der Waals surface area contributed by atoms with Gasteiger partial charge >= 0.3 is 0 Å². The van der Waals surface area contributed by atoms with E-state index < -0.39 is 17.4 Å². The van der Waals surface area contributed by atoms with Gasteiger partial charge < -0.3 is 5.73 Å². The number of aromatic nitrogens is 1. The molecule has 0 radical (unpaired) electrons. The maximum absolute atomic E-state index is 12.6. The van der Waals surface area contributed by atoms with Gasteiger partial charge in [-0.2, -0.15) is 0 Å². The van der Waals surface area contributed by atoms with Crippen LogP contribution >= 0.6 is 0 Å². The van der Waals surface area contributed by atoms with Gasteiger partial charge in [-0.25, -0.2) is 0 Å². The number of fused-ring (bicyclic) bond motifs is 2. The van der Waals surface area contributed by atoms with Gasteiger partial charge in [-0.05, 0) is 34.0 Å². The predicted molar refractivity (Wildman–Crippen MR) is 111 cm³/mol. The third kappa shape index (κ3) is 2.54. The number of nitrogens with zero attached hydrogens (tertiary/aromatic N) is 1. The first kappa shape index (κ1) is 16.9. The Morgan fingerprint density at radius 1 is 0.759 bits per heavy atom. The smallest absolute Gasteiger partial charge is 0.262 e. The average Bonchev–Trinajstić information content (AvgIpc) is 3.01. The van der Waals surface area contributed by atoms with Crippen molar-refractivity contribution in [2.45, 2.75) is 0 Å². The number of imide groups is 1. The van der Waals surface area contributed by atoms with Crippen molar-refractivity contribution in [3.8, 4) is 16.8 Å². The molecule has 0 saturated carbocycles. The molecule has 4 aromatic rings. The van der Waals surface area contributed by atoms with Gasteiger partial charge in [0.2, 0.25) is 0 Å². The van der Waals surface area contributed by atoms with Gasteiger partial charge in [0.25, 0.3) is 17.4 Å². The van der Waals surface area contributed by atoms with Gasteiger partial charge in [-0.1, -0.05) is 54.6 Å². The molecular formula is C23H15N3O3. The maximum Gasteiger partial charge on any atom is 0.262 e. The summed E-state index contributed by atoms with van der Waals surface area (Å²) in [4.78, 5) is 36.4. The quantitative estimate of drug-likeness (QED) is 0.522.